The number of carboxylic acid groups (broad SMARTS) is 6. The summed E-state index contributed by atoms with van der Waals surface area (Å²) in [7, 11) is 3.02. The van der Waals surface area contributed by atoms with Crippen LogP contribution in [-0.4, -0.2) is 277 Å². The molecule has 3 saturated heterocycles. The number of nitrogens with zero attached hydrogens (tertiary/aromatic N) is 8. The third-order valence-corrected chi connectivity index (χ3v) is 20.6. The van der Waals surface area contributed by atoms with E-state index in [0.717, 1.165) is 5.69 Å². The van der Waals surface area contributed by atoms with Gasteiger partial charge in [-0.3, -0.25) is 86.8 Å². The zero-order valence-corrected chi connectivity index (χ0v) is 70.6. The summed E-state index contributed by atoms with van der Waals surface area (Å²) in [6, 6.07) is 16.5. The second-order valence-corrected chi connectivity index (χ2v) is 30.2. The van der Waals surface area contributed by atoms with Gasteiger partial charge in [0.15, 0.2) is 23.1 Å². The van der Waals surface area contributed by atoms with Crippen LogP contribution in [0.4, 0.5) is 69.4 Å². The molecule has 53 heteroatoms. The molecule has 5 unspecified atom stereocenters. The minimum absolute atomic E-state index is 0.00119. The molecular formula is C79H97N25O28. The third kappa shape index (κ3) is 26.9. The average Bonchev–Trinajstić information content (AvgIpc) is 1.59. The fraction of sp³-hybridized carbons (Fsp3) is 0.392. The number of nitrogens with two attached hydrogens (primary N) is 3. The number of fused-ring (bicyclic) bond motifs is 5. The number of nitrogens with one attached hydrogen (secondary N) is 14. The summed E-state index contributed by atoms with van der Waals surface area (Å²) in [5.41, 5.74) is 18.4. The number of carboxylic acids is 6. The highest BCUT2D eigenvalue weighted by atomic mass is 16.6. The quantitative estimate of drug-likeness (QED) is 0.0208. The van der Waals surface area contributed by atoms with Crippen molar-refractivity contribution >= 4 is 129 Å². The smallest absolute Gasteiger partial charge is 0.330 e. The van der Waals surface area contributed by atoms with Crippen LogP contribution < -0.4 is 114 Å². The maximum absolute atomic E-state index is 12.4. The Bertz CT molecular complexity index is 6000. The molecule has 53 nitrogen and oxygen atoms in total. The van der Waals surface area contributed by atoms with Crippen molar-refractivity contribution in [2.75, 3.05) is 132 Å². The molecule has 3 aromatic carbocycles. The summed E-state index contributed by atoms with van der Waals surface area (Å²) < 4.78 is 23.4. The lowest BCUT2D eigenvalue weighted by Crippen LogP contribution is -2.44. The molecule has 5 aromatic heterocycles. The van der Waals surface area contributed by atoms with E-state index in [4.69, 9.17) is 61.7 Å². The molecule has 28 N–H and O–H groups in total. The van der Waals surface area contributed by atoms with Gasteiger partial charge in [0.2, 0.25) is 17.8 Å². The van der Waals surface area contributed by atoms with Gasteiger partial charge in [-0.15, -0.1) is 0 Å². The Morgan fingerprint density at radius 2 is 1.00 bits per heavy atom. The summed E-state index contributed by atoms with van der Waals surface area (Å²) in [5.74, 6) is -7.96. The molecule has 0 saturated carbocycles. The number of aliphatic carboxylic acids is 6. The van der Waals surface area contributed by atoms with Crippen molar-refractivity contribution in [3.8, 4) is 0 Å². The number of aryl methyl sites for hydroxylation is 1. The molecule has 0 spiro atoms. The van der Waals surface area contributed by atoms with Crippen LogP contribution >= 0.6 is 0 Å². The Kier molecular flexibility index (Phi) is 33.7. The number of rotatable bonds is 31. The van der Waals surface area contributed by atoms with Crippen molar-refractivity contribution in [3.05, 3.63) is 186 Å². The van der Waals surface area contributed by atoms with Crippen molar-refractivity contribution in [2.24, 2.45) is 4.99 Å². The molecular weight excluding hydrogens is 1750 g/mol. The van der Waals surface area contributed by atoms with Gasteiger partial charge in [0.25, 0.3) is 45.5 Å². The minimum atomic E-state index is -1.31. The number of aromatic nitrogens is 10. The Labute approximate surface area is 742 Å². The van der Waals surface area contributed by atoms with Gasteiger partial charge in [-0.25, -0.2) is 29.0 Å². The number of aliphatic hydroxyl groups is 2. The van der Waals surface area contributed by atoms with Gasteiger partial charge in [-0.05, 0) is 99.0 Å². The Morgan fingerprint density at radius 3 is 1.50 bits per heavy atom. The van der Waals surface area contributed by atoms with E-state index in [2.05, 4.69) is 92.7 Å². The highest BCUT2D eigenvalue weighted by Gasteiger charge is 2.40. The molecule has 6 aliphatic heterocycles. The van der Waals surface area contributed by atoms with Crippen molar-refractivity contribution < 1.29 is 103 Å². The van der Waals surface area contributed by atoms with Gasteiger partial charge in [0.1, 0.15) is 54.2 Å². The van der Waals surface area contributed by atoms with Crippen LogP contribution in [-0.2, 0) is 47.7 Å². The van der Waals surface area contributed by atoms with E-state index in [0.29, 0.717) is 110 Å². The van der Waals surface area contributed by atoms with Gasteiger partial charge >= 0.3 is 47.2 Å². The number of benzene rings is 3. The third-order valence-electron chi connectivity index (χ3n) is 20.6. The zero-order chi connectivity index (χ0) is 95.9. The monoisotopic (exact) mass is 1840 g/mol. The molecule has 3 amide bonds. The van der Waals surface area contributed by atoms with Crippen molar-refractivity contribution in [1.29, 1.82) is 0 Å². The Hall–Kier alpha value is -15.9. The van der Waals surface area contributed by atoms with Crippen LogP contribution in [0.2, 0.25) is 0 Å². The first-order valence-electron chi connectivity index (χ1n) is 40.4. The highest BCUT2D eigenvalue weighted by molar-refractivity contribution is 6.00. The number of H-pyrrole nitrogens is 5. The number of aromatic amines is 5. The van der Waals surface area contributed by atoms with E-state index in [1.165, 1.54) is 66.1 Å². The standard InChI is InChI=1S/C20H23N7O6.C19H23N7O6.C19H21N7O6.C11H16N2O5.C10H14N2O5/c21-20-24-16-15(18(31)25-20)27-9-26(8-12(27)7-22-16)11-3-1-10(2-4-11)17(30)23-13(19(32)33)5-6-14(28)29;2*20-19-25-15-14(17(30)26-19)23-11(8-22-15)7-21-10-3-1-9(2-4-10)16(29)24-12(18(31)32)5-6-13(27)28;1-6-4-13(11(16)12-10(6)15)9-3-7(14)8(18-9)5-17-2;1-16-5-7-6(13)4-9(17-7)12-3-2-8(14)11-10(12)15/h1-4,12-13H,5-9H2,(H,23,30)(H,28,29)(H,32,33)(H4,21,22,24,25,31);1-4,11-12,21,23H,5-8H2,(H,24,29)(H,27,28)(H,31,32)(H4,20,22,25,26,30);1-4,12,21H,5-8H2,(H,24,29)(H,27,28)(H,31,32)(H4,20,22,25,26,30);4,7-9,14H,3,5H2,1-2H3,(H,12,15,16);2-3,6-7,9,13H,4-5H2,1H3,(H,11,14,15)/t;;;7-,8-,9-;6-,7-,9-/m...11/s1. The lowest BCUT2D eigenvalue weighted by molar-refractivity contribution is -0.142. The van der Waals surface area contributed by atoms with E-state index >= 15 is 0 Å². The molecule has 0 aliphatic carbocycles. The molecule has 706 valence electrons. The second kappa shape index (κ2) is 45.2. The normalized spacial score (nSPS) is 18.8. The topological polar surface area (TPSA) is 805 Å². The number of amides is 3. The number of nitrogen functional groups attached to an aromatic ring is 3. The predicted molar refractivity (Wildman–Crippen MR) is 470 cm³/mol. The number of aliphatic hydroxyl groups excluding tert-OH is 2. The molecule has 0 radical (unpaired) electrons. The highest BCUT2D eigenvalue weighted by Crippen LogP contribution is 2.34. The molecule has 0 bridgehead atoms. The number of aliphatic imine (C=N–C) groups is 1. The van der Waals surface area contributed by atoms with Gasteiger partial charge < -0.3 is 135 Å². The summed E-state index contributed by atoms with van der Waals surface area (Å²) in [6.45, 7) is 5.43. The van der Waals surface area contributed by atoms with Crippen LogP contribution in [0.5, 0.6) is 0 Å². The van der Waals surface area contributed by atoms with Crippen molar-refractivity contribution in [3.63, 3.8) is 0 Å². The zero-order valence-electron chi connectivity index (χ0n) is 70.6. The molecule has 11 atom stereocenters. The van der Waals surface area contributed by atoms with Gasteiger partial charge in [-0.1, -0.05) is 0 Å². The molecule has 11 heterocycles. The van der Waals surface area contributed by atoms with Crippen LogP contribution in [0.3, 0.4) is 0 Å². The van der Waals surface area contributed by atoms with E-state index in [-0.39, 0.29) is 115 Å². The van der Waals surface area contributed by atoms with Crippen molar-refractivity contribution in [2.45, 2.75) is 125 Å². The van der Waals surface area contributed by atoms with E-state index in [9.17, 15) is 92.0 Å². The number of ether oxygens (including phenoxy) is 4. The van der Waals surface area contributed by atoms with E-state index < -0.39 is 137 Å². The summed E-state index contributed by atoms with van der Waals surface area (Å²) in [4.78, 5) is 217. The maximum Gasteiger partial charge on any atom is 0.330 e. The molecule has 3 fully saturated rings. The first kappa shape index (κ1) is 98.3. The molecule has 14 rings (SSSR count). The predicted octanol–water partition coefficient (Wildman–Crippen LogP) is -2.82. The van der Waals surface area contributed by atoms with Gasteiger partial charge in [-0.2, -0.15) is 15.0 Å². The van der Waals surface area contributed by atoms with Gasteiger partial charge in [0.05, 0.1) is 63.0 Å². The largest absolute Gasteiger partial charge is 0.481 e. The fourth-order valence-electron chi connectivity index (χ4n) is 13.9. The SMILES string of the molecule is COC[C@H]1O[C@@H](n2cc(C)c(=O)[nH]c2=O)C[C@H]1O.COC[C@H]1O[C@@H](n2ccc(=O)[nH]c2=O)C[C@H]1O.Nc1nc2c(c(=O)[nH]1)N1CN(c3ccc(C(=O)NC(CCC(=O)O)C(=O)O)cc3)CC1CN2.Nc1nc2c(c(=O)[nH]1)N=C(CNc1ccc(C(=O)NC(CCC(=O)O)C(=O)O)cc1)CN2.Nc1nc2c(c(=O)[nH]1)NC(CNc1ccc(C(=O)NC(CCC(=O)O)C(=O)O)cc1)CN2. The van der Waals surface area contributed by atoms with Gasteiger partial charge in [0, 0.05) is 130 Å². The number of anilines is 11. The van der Waals surface area contributed by atoms with Crippen LogP contribution in [0, 0.1) is 6.92 Å². The first-order chi connectivity index (χ1) is 62.8. The van der Waals surface area contributed by atoms with Crippen LogP contribution in [0.1, 0.15) is 100 Å². The number of methoxy groups -OCH3 is 2. The van der Waals surface area contributed by atoms with Crippen LogP contribution in [0.15, 0.2) is 130 Å². The number of carbonyl (C=O) groups is 9. The first-order valence-corrected chi connectivity index (χ1v) is 40.4. The average molecular weight is 1840 g/mol. The summed E-state index contributed by atoms with van der Waals surface area (Å²) in [6.07, 6.45) is -1.83. The number of carbonyl (C=O) groups excluding carboxylic acids is 3. The lowest BCUT2D eigenvalue weighted by Gasteiger charge is -2.31. The summed E-state index contributed by atoms with van der Waals surface area (Å²) in [5, 5.41) is 98.7. The minimum Gasteiger partial charge on any atom is -0.481 e. The fourth-order valence-corrected chi connectivity index (χ4v) is 13.9. The molecule has 132 heavy (non-hydrogen) atoms. The number of hydrogen-bond donors (Lipinski definition) is 25. The Morgan fingerprint density at radius 1 is 0.538 bits per heavy atom. The maximum atomic E-state index is 12.4. The van der Waals surface area contributed by atoms with Crippen molar-refractivity contribution in [1.82, 2.24) is 65.0 Å². The Balaban J connectivity index is 0.000000175. The van der Waals surface area contributed by atoms with E-state index in [1.807, 2.05) is 9.80 Å². The van der Waals surface area contributed by atoms with Crippen LogP contribution in [0.25, 0.3) is 0 Å². The lowest BCUT2D eigenvalue weighted by atomic mass is 10.1. The van der Waals surface area contributed by atoms with E-state index in [1.54, 1.807) is 55.5 Å². The number of hydrogen-bond acceptors (Lipinski definition) is 37. The molecule has 8 aromatic rings. The molecule has 6 aliphatic rings. The second-order valence-electron chi connectivity index (χ2n) is 30.2. The summed E-state index contributed by atoms with van der Waals surface area (Å²) >= 11 is 0.